The molecule has 1 aromatic rings. The van der Waals surface area contributed by atoms with Gasteiger partial charge in [0.1, 0.15) is 6.42 Å². The van der Waals surface area contributed by atoms with E-state index in [0.29, 0.717) is 11.3 Å². The minimum atomic E-state index is -0.413. The average molecular weight is 243 g/mol. The van der Waals surface area contributed by atoms with Crippen molar-refractivity contribution in [3.8, 4) is 6.07 Å². The van der Waals surface area contributed by atoms with Gasteiger partial charge in [-0.25, -0.2) is 0 Å². The van der Waals surface area contributed by atoms with Crippen LogP contribution in [0.25, 0.3) is 0 Å². The Kier molecular flexibility index (Phi) is 3.58. The fourth-order valence-corrected chi connectivity index (χ4v) is 1.55. The van der Waals surface area contributed by atoms with E-state index in [0.717, 1.165) is 12.8 Å². The molecule has 1 fully saturated rings. The lowest BCUT2D eigenvalue weighted by Crippen LogP contribution is -2.26. The van der Waals surface area contributed by atoms with Crippen LogP contribution in [0.5, 0.6) is 0 Å². The largest absolute Gasteiger partial charge is 0.349 e. The topological polar surface area (TPSA) is 82.0 Å². The summed E-state index contributed by atoms with van der Waals surface area (Å²) in [5.41, 5.74) is 0.867. The molecule has 1 saturated carbocycles. The summed E-state index contributed by atoms with van der Waals surface area (Å²) in [4.78, 5) is 23.3. The van der Waals surface area contributed by atoms with Gasteiger partial charge in [0, 0.05) is 6.04 Å². The van der Waals surface area contributed by atoms with Crippen LogP contribution in [0.1, 0.15) is 29.6 Å². The fraction of sp³-hybridized carbons (Fsp3) is 0.308. The Balaban J connectivity index is 2.11. The second kappa shape index (κ2) is 5.32. The molecule has 1 aromatic carbocycles. The van der Waals surface area contributed by atoms with Crippen LogP contribution in [-0.4, -0.2) is 17.9 Å². The van der Waals surface area contributed by atoms with E-state index in [2.05, 4.69) is 10.6 Å². The number of nitrogens with zero attached hydrogens (tertiary/aromatic N) is 1. The first kappa shape index (κ1) is 12.1. The van der Waals surface area contributed by atoms with Crippen LogP contribution in [0.3, 0.4) is 0 Å². The van der Waals surface area contributed by atoms with Crippen LogP contribution in [0, 0.1) is 11.3 Å². The Hall–Kier alpha value is -2.35. The Morgan fingerprint density at radius 2 is 2.06 bits per heavy atom. The number of anilines is 1. The standard InChI is InChI=1S/C13H13N3O2/c14-8-7-12(17)16-11-4-2-1-3-10(11)13(18)15-9-5-6-9/h1-4,9H,5-7H2,(H,15,18)(H,16,17). The summed E-state index contributed by atoms with van der Waals surface area (Å²) in [6, 6.07) is 8.80. The molecule has 0 aromatic heterocycles. The van der Waals surface area contributed by atoms with E-state index in [-0.39, 0.29) is 18.4 Å². The molecule has 0 atom stereocenters. The van der Waals surface area contributed by atoms with Gasteiger partial charge >= 0.3 is 0 Å². The molecule has 0 bridgehead atoms. The lowest BCUT2D eigenvalue weighted by atomic mass is 10.1. The predicted molar refractivity (Wildman–Crippen MR) is 65.8 cm³/mol. The van der Waals surface area contributed by atoms with Crippen molar-refractivity contribution >= 4 is 17.5 Å². The zero-order chi connectivity index (χ0) is 13.0. The van der Waals surface area contributed by atoms with E-state index < -0.39 is 5.91 Å². The molecule has 2 N–H and O–H groups in total. The Morgan fingerprint density at radius 1 is 1.33 bits per heavy atom. The van der Waals surface area contributed by atoms with E-state index in [9.17, 15) is 9.59 Å². The van der Waals surface area contributed by atoms with Crippen molar-refractivity contribution < 1.29 is 9.59 Å². The number of para-hydroxylation sites is 1. The maximum Gasteiger partial charge on any atom is 0.253 e. The first-order chi connectivity index (χ1) is 8.70. The highest BCUT2D eigenvalue weighted by Gasteiger charge is 2.24. The number of nitrogens with one attached hydrogen (secondary N) is 2. The van der Waals surface area contributed by atoms with Gasteiger partial charge in [0.25, 0.3) is 5.91 Å². The lowest BCUT2D eigenvalue weighted by molar-refractivity contribution is -0.115. The third-order valence-electron chi connectivity index (χ3n) is 2.60. The summed E-state index contributed by atoms with van der Waals surface area (Å²) in [6.07, 6.45) is 1.79. The number of rotatable bonds is 4. The average Bonchev–Trinajstić information content (AvgIpc) is 3.14. The van der Waals surface area contributed by atoms with Crippen molar-refractivity contribution in [2.45, 2.75) is 25.3 Å². The summed E-state index contributed by atoms with van der Waals surface area (Å²) in [5, 5.41) is 13.9. The third kappa shape index (κ3) is 3.08. The second-order valence-electron chi connectivity index (χ2n) is 4.18. The first-order valence-corrected chi connectivity index (χ1v) is 5.77. The van der Waals surface area contributed by atoms with E-state index in [4.69, 9.17) is 5.26 Å². The maximum atomic E-state index is 11.9. The molecule has 5 nitrogen and oxygen atoms in total. The van der Waals surface area contributed by atoms with Gasteiger partial charge in [-0.3, -0.25) is 9.59 Å². The van der Waals surface area contributed by atoms with Gasteiger partial charge in [-0.15, -0.1) is 0 Å². The second-order valence-corrected chi connectivity index (χ2v) is 4.18. The molecule has 2 amide bonds. The molecular formula is C13H13N3O2. The summed E-state index contributed by atoms with van der Waals surface area (Å²) in [7, 11) is 0. The van der Waals surface area contributed by atoms with E-state index in [1.165, 1.54) is 0 Å². The van der Waals surface area contributed by atoms with E-state index >= 15 is 0 Å². The van der Waals surface area contributed by atoms with Crippen molar-refractivity contribution in [3.63, 3.8) is 0 Å². The van der Waals surface area contributed by atoms with Crippen LogP contribution in [0.2, 0.25) is 0 Å². The van der Waals surface area contributed by atoms with E-state index in [1.54, 1.807) is 30.3 Å². The minimum absolute atomic E-state index is 0.189. The number of amides is 2. The highest BCUT2D eigenvalue weighted by molar-refractivity contribution is 6.04. The van der Waals surface area contributed by atoms with Crippen molar-refractivity contribution in [1.82, 2.24) is 5.32 Å². The molecule has 5 heteroatoms. The van der Waals surface area contributed by atoms with Gasteiger partial charge in [0.2, 0.25) is 5.91 Å². The molecule has 2 rings (SSSR count). The molecule has 0 spiro atoms. The SMILES string of the molecule is N#CCC(=O)Nc1ccccc1C(=O)NC1CC1. The molecule has 1 aliphatic carbocycles. The molecular weight excluding hydrogens is 230 g/mol. The van der Waals surface area contributed by atoms with Crippen molar-refractivity contribution in [2.24, 2.45) is 0 Å². The van der Waals surface area contributed by atoms with Gasteiger partial charge in [-0.05, 0) is 25.0 Å². The Morgan fingerprint density at radius 3 is 2.72 bits per heavy atom. The summed E-state index contributed by atoms with van der Waals surface area (Å²) >= 11 is 0. The Bertz CT molecular complexity index is 515. The van der Waals surface area contributed by atoms with Crippen molar-refractivity contribution in [2.75, 3.05) is 5.32 Å². The normalized spacial score (nSPS) is 13.5. The quantitative estimate of drug-likeness (QED) is 0.839. The maximum absolute atomic E-state index is 11.9. The van der Waals surface area contributed by atoms with Crippen molar-refractivity contribution in [1.29, 1.82) is 5.26 Å². The number of carbonyl (C=O) groups excluding carboxylic acids is 2. The first-order valence-electron chi connectivity index (χ1n) is 5.77. The minimum Gasteiger partial charge on any atom is -0.349 e. The summed E-state index contributed by atoms with van der Waals surface area (Å²) < 4.78 is 0. The lowest BCUT2D eigenvalue weighted by Gasteiger charge is -2.10. The zero-order valence-electron chi connectivity index (χ0n) is 9.77. The smallest absolute Gasteiger partial charge is 0.253 e. The summed E-state index contributed by atoms with van der Waals surface area (Å²) in [6.45, 7) is 0. The fourth-order valence-electron chi connectivity index (χ4n) is 1.55. The van der Waals surface area contributed by atoms with Gasteiger partial charge in [0.15, 0.2) is 0 Å². The molecule has 1 aliphatic rings. The van der Waals surface area contributed by atoms with Gasteiger partial charge < -0.3 is 10.6 Å². The zero-order valence-corrected chi connectivity index (χ0v) is 9.77. The van der Waals surface area contributed by atoms with Gasteiger partial charge in [0.05, 0.1) is 17.3 Å². The van der Waals surface area contributed by atoms with Crippen LogP contribution < -0.4 is 10.6 Å². The number of carbonyl (C=O) groups is 2. The molecule has 0 aliphatic heterocycles. The molecule has 0 saturated heterocycles. The van der Waals surface area contributed by atoms with Crippen molar-refractivity contribution in [3.05, 3.63) is 29.8 Å². The van der Waals surface area contributed by atoms with Gasteiger partial charge in [-0.2, -0.15) is 5.26 Å². The highest BCUT2D eigenvalue weighted by Crippen LogP contribution is 2.21. The third-order valence-corrected chi connectivity index (χ3v) is 2.60. The van der Waals surface area contributed by atoms with Gasteiger partial charge in [-0.1, -0.05) is 12.1 Å². The number of benzene rings is 1. The monoisotopic (exact) mass is 243 g/mol. The highest BCUT2D eigenvalue weighted by atomic mass is 16.2. The Labute approximate surface area is 105 Å². The molecule has 0 unspecified atom stereocenters. The number of nitriles is 1. The van der Waals surface area contributed by atoms with E-state index in [1.807, 2.05) is 0 Å². The molecule has 0 heterocycles. The number of hydrogen-bond donors (Lipinski definition) is 2. The molecule has 0 radical (unpaired) electrons. The predicted octanol–water partition coefficient (Wildman–Crippen LogP) is 1.43. The van der Waals surface area contributed by atoms with Crippen LogP contribution in [0.15, 0.2) is 24.3 Å². The van der Waals surface area contributed by atoms with Crippen LogP contribution in [0.4, 0.5) is 5.69 Å². The number of hydrogen-bond acceptors (Lipinski definition) is 3. The summed E-state index contributed by atoms with van der Waals surface area (Å²) in [5.74, 6) is -0.602. The molecule has 92 valence electrons. The van der Waals surface area contributed by atoms with Crippen LogP contribution >= 0.6 is 0 Å². The van der Waals surface area contributed by atoms with Crippen LogP contribution in [-0.2, 0) is 4.79 Å². The molecule has 18 heavy (non-hydrogen) atoms.